The minimum atomic E-state index is -0.276. The summed E-state index contributed by atoms with van der Waals surface area (Å²) in [5.74, 6) is 0.331. The van der Waals surface area contributed by atoms with E-state index in [-0.39, 0.29) is 18.2 Å². The number of benzene rings is 3. The van der Waals surface area contributed by atoms with E-state index in [0.717, 1.165) is 16.5 Å². The van der Waals surface area contributed by atoms with Gasteiger partial charge in [0, 0.05) is 34.8 Å². The lowest BCUT2D eigenvalue weighted by Gasteiger charge is -2.16. The highest BCUT2D eigenvalue weighted by molar-refractivity contribution is 6.05. The van der Waals surface area contributed by atoms with E-state index in [1.807, 2.05) is 36.5 Å². The first-order chi connectivity index (χ1) is 15.6. The minimum Gasteiger partial charge on any atom is -0.494 e. The Morgan fingerprint density at radius 2 is 1.47 bits per heavy atom. The molecular weight excluding hydrogens is 406 g/mol. The van der Waals surface area contributed by atoms with Crippen LogP contribution in [0.3, 0.4) is 0 Å². The number of amides is 2. The molecule has 0 aliphatic heterocycles. The Labute approximate surface area is 185 Å². The van der Waals surface area contributed by atoms with Crippen molar-refractivity contribution in [2.75, 3.05) is 24.9 Å². The number of rotatable bonds is 7. The summed E-state index contributed by atoms with van der Waals surface area (Å²) in [5, 5.41) is 6.72. The highest BCUT2D eigenvalue weighted by atomic mass is 16.5. The van der Waals surface area contributed by atoms with Crippen LogP contribution in [0.5, 0.6) is 11.5 Å². The fourth-order valence-electron chi connectivity index (χ4n) is 3.52. The molecule has 0 bridgehead atoms. The third-order valence-corrected chi connectivity index (χ3v) is 5.11. The Balaban J connectivity index is 1.54. The summed E-state index contributed by atoms with van der Waals surface area (Å²) in [7, 11) is 3.00. The highest BCUT2D eigenvalue weighted by Gasteiger charge is 2.17. The third kappa shape index (κ3) is 4.41. The van der Waals surface area contributed by atoms with Gasteiger partial charge in [0.15, 0.2) is 0 Å². The standard InChI is InChI=1S/C25H23N3O4/c1-31-22-14-21(28-25(30)16-8-4-3-5-9-16)23(32-2)13-20(22)27-24(29)12-17-15-26-19-11-7-6-10-18(17)19/h3-11,13-15,26H,12H2,1-2H3,(H,27,29)(H,28,30). The van der Waals surface area contributed by atoms with E-state index in [0.29, 0.717) is 28.4 Å². The summed E-state index contributed by atoms with van der Waals surface area (Å²) in [4.78, 5) is 28.5. The molecule has 4 rings (SSSR count). The predicted molar refractivity (Wildman–Crippen MR) is 125 cm³/mol. The second kappa shape index (κ2) is 9.26. The normalized spacial score (nSPS) is 10.6. The van der Waals surface area contributed by atoms with Gasteiger partial charge in [-0.1, -0.05) is 36.4 Å². The van der Waals surface area contributed by atoms with Crippen molar-refractivity contribution in [2.45, 2.75) is 6.42 Å². The number of hydrogen-bond acceptors (Lipinski definition) is 4. The molecule has 0 fully saturated rings. The smallest absolute Gasteiger partial charge is 0.255 e. The maximum Gasteiger partial charge on any atom is 0.255 e. The topological polar surface area (TPSA) is 92.4 Å². The van der Waals surface area contributed by atoms with E-state index in [4.69, 9.17) is 9.47 Å². The molecule has 7 heteroatoms. The van der Waals surface area contributed by atoms with Gasteiger partial charge < -0.3 is 25.1 Å². The molecule has 0 unspecified atom stereocenters. The van der Waals surface area contributed by atoms with Crippen molar-refractivity contribution >= 4 is 34.1 Å². The van der Waals surface area contributed by atoms with Gasteiger partial charge in [-0.2, -0.15) is 0 Å². The van der Waals surface area contributed by atoms with Crippen molar-refractivity contribution in [3.63, 3.8) is 0 Å². The molecule has 162 valence electrons. The van der Waals surface area contributed by atoms with Crippen LogP contribution in [0, 0.1) is 0 Å². The van der Waals surface area contributed by atoms with E-state index in [1.165, 1.54) is 14.2 Å². The van der Waals surface area contributed by atoms with Crippen molar-refractivity contribution in [1.29, 1.82) is 0 Å². The van der Waals surface area contributed by atoms with Gasteiger partial charge in [-0.3, -0.25) is 9.59 Å². The number of H-pyrrole nitrogens is 1. The minimum absolute atomic E-state index is 0.196. The molecule has 3 N–H and O–H groups in total. The molecule has 0 aliphatic rings. The molecule has 2 amide bonds. The van der Waals surface area contributed by atoms with Crippen LogP contribution in [0.15, 0.2) is 72.9 Å². The number of nitrogens with one attached hydrogen (secondary N) is 3. The summed E-state index contributed by atoms with van der Waals surface area (Å²) >= 11 is 0. The molecule has 7 nitrogen and oxygen atoms in total. The highest BCUT2D eigenvalue weighted by Crippen LogP contribution is 2.37. The fourth-order valence-corrected chi connectivity index (χ4v) is 3.52. The zero-order valence-corrected chi connectivity index (χ0v) is 17.8. The Hall–Kier alpha value is -4.26. The van der Waals surface area contributed by atoms with Crippen molar-refractivity contribution in [3.05, 3.63) is 84.1 Å². The third-order valence-electron chi connectivity index (χ3n) is 5.11. The number of aromatic nitrogens is 1. The van der Waals surface area contributed by atoms with Crippen LogP contribution in [0.4, 0.5) is 11.4 Å². The second-order valence-electron chi connectivity index (χ2n) is 7.16. The number of carbonyl (C=O) groups excluding carboxylic acids is 2. The summed E-state index contributed by atoms with van der Waals surface area (Å²) in [6.07, 6.45) is 2.03. The molecule has 1 aromatic heterocycles. The van der Waals surface area contributed by atoms with Gasteiger partial charge in [0.1, 0.15) is 11.5 Å². The van der Waals surface area contributed by atoms with Crippen LogP contribution in [0.25, 0.3) is 10.9 Å². The van der Waals surface area contributed by atoms with Gasteiger partial charge >= 0.3 is 0 Å². The van der Waals surface area contributed by atoms with E-state index in [1.54, 1.807) is 36.4 Å². The van der Waals surface area contributed by atoms with Crippen LogP contribution in [-0.2, 0) is 11.2 Å². The van der Waals surface area contributed by atoms with Crippen LogP contribution in [0.2, 0.25) is 0 Å². The predicted octanol–water partition coefficient (Wildman–Crippen LogP) is 4.62. The zero-order valence-electron chi connectivity index (χ0n) is 17.8. The molecule has 4 aromatic rings. The monoisotopic (exact) mass is 429 g/mol. The number of anilines is 2. The molecule has 0 spiro atoms. The molecule has 3 aromatic carbocycles. The average Bonchev–Trinajstić information content (AvgIpc) is 3.22. The first-order valence-corrected chi connectivity index (χ1v) is 10.1. The maximum absolute atomic E-state index is 12.7. The molecule has 1 heterocycles. The van der Waals surface area contributed by atoms with Crippen molar-refractivity contribution in [3.8, 4) is 11.5 Å². The van der Waals surface area contributed by atoms with E-state index >= 15 is 0 Å². The molecule has 0 radical (unpaired) electrons. The Bertz CT molecular complexity index is 1260. The van der Waals surface area contributed by atoms with Gasteiger partial charge in [-0.05, 0) is 23.8 Å². The quantitative estimate of drug-likeness (QED) is 0.400. The lowest BCUT2D eigenvalue weighted by Crippen LogP contribution is -2.16. The van der Waals surface area contributed by atoms with Gasteiger partial charge in [-0.15, -0.1) is 0 Å². The van der Waals surface area contributed by atoms with Crippen LogP contribution in [0.1, 0.15) is 15.9 Å². The number of hydrogen-bond donors (Lipinski definition) is 3. The largest absolute Gasteiger partial charge is 0.494 e. The van der Waals surface area contributed by atoms with Crippen molar-refractivity contribution in [1.82, 2.24) is 4.98 Å². The first-order valence-electron chi connectivity index (χ1n) is 10.1. The molecule has 0 saturated heterocycles. The number of methoxy groups -OCH3 is 2. The van der Waals surface area contributed by atoms with E-state index < -0.39 is 0 Å². The second-order valence-corrected chi connectivity index (χ2v) is 7.16. The van der Waals surface area contributed by atoms with Gasteiger partial charge in [0.25, 0.3) is 5.91 Å². The summed E-state index contributed by atoms with van der Waals surface area (Å²) < 4.78 is 10.9. The number of fused-ring (bicyclic) bond motifs is 1. The van der Waals surface area contributed by atoms with Crippen LogP contribution < -0.4 is 20.1 Å². The molecule has 0 aliphatic carbocycles. The number of para-hydroxylation sites is 1. The number of aromatic amines is 1. The van der Waals surface area contributed by atoms with Gasteiger partial charge in [-0.25, -0.2) is 0 Å². The zero-order chi connectivity index (χ0) is 22.5. The molecule has 0 atom stereocenters. The van der Waals surface area contributed by atoms with E-state index in [9.17, 15) is 9.59 Å². The molecule has 0 saturated carbocycles. The lowest BCUT2D eigenvalue weighted by molar-refractivity contribution is -0.115. The Morgan fingerprint density at radius 1 is 0.844 bits per heavy atom. The van der Waals surface area contributed by atoms with Crippen molar-refractivity contribution < 1.29 is 19.1 Å². The van der Waals surface area contributed by atoms with Gasteiger partial charge in [0.2, 0.25) is 5.91 Å². The summed E-state index contributed by atoms with van der Waals surface area (Å²) in [6.45, 7) is 0. The van der Waals surface area contributed by atoms with Crippen LogP contribution in [-0.4, -0.2) is 31.0 Å². The van der Waals surface area contributed by atoms with Crippen molar-refractivity contribution in [2.24, 2.45) is 0 Å². The van der Waals surface area contributed by atoms with Gasteiger partial charge in [0.05, 0.1) is 32.0 Å². The first kappa shape index (κ1) is 21.0. The Kier molecular flexibility index (Phi) is 6.07. The maximum atomic E-state index is 12.7. The molecular formula is C25H23N3O4. The van der Waals surface area contributed by atoms with E-state index in [2.05, 4.69) is 15.6 Å². The Morgan fingerprint density at radius 3 is 2.16 bits per heavy atom. The summed E-state index contributed by atoms with van der Waals surface area (Å²) in [6, 6.07) is 19.9. The average molecular weight is 429 g/mol. The molecule has 32 heavy (non-hydrogen) atoms. The lowest BCUT2D eigenvalue weighted by atomic mass is 10.1. The number of carbonyl (C=O) groups is 2. The van der Waals surface area contributed by atoms with Crippen LogP contribution >= 0.6 is 0 Å². The summed E-state index contributed by atoms with van der Waals surface area (Å²) in [5.41, 5.74) is 3.29. The number of ether oxygens (including phenoxy) is 2. The SMILES string of the molecule is COc1cc(NC(=O)c2ccccc2)c(OC)cc1NC(=O)Cc1c[nH]c2ccccc12. The fraction of sp³-hybridized carbons (Fsp3) is 0.120.